The standard InChI is InChI=1S/C18H24N2O2.ClH/c1-3-20(18(21)12-19-11-14-8-9-14)13(2)17-10-15-6-4-5-7-16(15)22-17;/h4-7,10,13-14,19H,3,8-9,11-12H2,1-2H3;1H. The first-order valence-corrected chi connectivity index (χ1v) is 8.17. The number of hydrogen-bond acceptors (Lipinski definition) is 3. The minimum absolute atomic E-state index is 0. The molecule has 1 atom stereocenters. The monoisotopic (exact) mass is 336 g/mol. The fraction of sp³-hybridized carbons (Fsp3) is 0.500. The molecule has 1 fully saturated rings. The summed E-state index contributed by atoms with van der Waals surface area (Å²) >= 11 is 0. The van der Waals surface area contributed by atoms with Crippen LogP contribution < -0.4 is 5.32 Å². The minimum Gasteiger partial charge on any atom is -0.459 e. The Morgan fingerprint density at radius 3 is 2.78 bits per heavy atom. The molecule has 1 aliphatic carbocycles. The maximum absolute atomic E-state index is 12.4. The molecule has 1 amide bonds. The molecule has 1 aliphatic rings. The van der Waals surface area contributed by atoms with E-state index < -0.39 is 0 Å². The summed E-state index contributed by atoms with van der Waals surface area (Å²) in [5.41, 5.74) is 0.875. The Hall–Kier alpha value is -1.52. The molecule has 1 saturated carbocycles. The molecule has 126 valence electrons. The summed E-state index contributed by atoms with van der Waals surface area (Å²) in [5, 5.41) is 4.36. The van der Waals surface area contributed by atoms with E-state index in [0.717, 1.165) is 29.2 Å². The molecule has 0 aliphatic heterocycles. The van der Waals surface area contributed by atoms with Gasteiger partial charge in [0.1, 0.15) is 11.3 Å². The Labute approximate surface area is 143 Å². The zero-order valence-electron chi connectivity index (χ0n) is 13.7. The van der Waals surface area contributed by atoms with E-state index in [0.29, 0.717) is 13.1 Å². The van der Waals surface area contributed by atoms with Crippen LogP contribution in [-0.2, 0) is 4.79 Å². The lowest BCUT2D eigenvalue weighted by Crippen LogP contribution is -2.40. The molecule has 4 nitrogen and oxygen atoms in total. The number of rotatable bonds is 7. The highest BCUT2D eigenvalue weighted by atomic mass is 35.5. The number of nitrogens with one attached hydrogen (secondary N) is 1. The number of carbonyl (C=O) groups excluding carboxylic acids is 1. The highest BCUT2D eigenvalue weighted by Gasteiger charge is 2.24. The van der Waals surface area contributed by atoms with Gasteiger partial charge in [0.2, 0.25) is 5.91 Å². The lowest BCUT2D eigenvalue weighted by molar-refractivity contribution is -0.132. The molecule has 1 aromatic carbocycles. The van der Waals surface area contributed by atoms with Gasteiger partial charge in [0.05, 0.1) is 12.6 Å². The molecule has 1 unspecified atom stereocenters. The fourth-order valence-corrected chi connectivity index (χ4v) is 2.83. The normalized spacial score (nSPS) is 15.2. The lowest BCUT2D eigenvalue weighted by Gasteiger charge is -2.26. The maximum atomic E-state index is 12.4. The van der Waals surface area contributed by atoms with Crippen LogP contribution in [0, 0.1) is 5.92 Å². The Morgan fingerprint density at radius 2 is 2.13 bits per heavy atom. The highest BCUT2D eigenvalue weighted by molar-refractivity contribution is 5.85. The predicted molar refractivity (Wildman–Crippen MR) is 94.9 cm³/mol. The van der Waals surface area contributed by atoms with Crippen molar-refractivity contribution in [1.82, 2.24) is 10.2 Å². The number of likely N-dealkylation sites (N-methyl/N-ethyl adjacent to an activating group) is 1. The van der Waals surface area contributed by atoms with Crippen LogP contribution in [0.3, 0.4) is 0 Å². The SMILES string of the molecule is CCN(C(=O)CNCC1CC1)C(C)c1cc2ccccc2o1.Cl. The minimum atomic E-state index is -0.0485. The van der Waals surface area contributed by atoms with Crippen LogP contribution in [0.2, 0.25) is 0 Å². The van der Waals surface area contributed by atoms with Crippen LogP contribution in [0.1, 0.15) is 38.5 Å². The first-order chi connectivity index (χ1) is 10.7. The predicted octanol–water partition coefficient (Wildman–Crippen LogP) is 3.76. The van der Waals surface area contributed by atoms with E-state index in [1.54, 1.807) is 0 Å². The molecule has 1 N–H and O–H groups in total. The van der Waals surface area contributed by atoms with Crippen molar-refractivity contribution in [2.45, 2.75) is 32.7 Å². The summed E-state index contributed by atoms with van der Waals surface area (Å²) in [5.74, 6) is 1.77. The molecule has 5 heteroatoms. The van der Waals surface area contributed by atoms with Gasteiger partial charge in [0.15, 0.2) is 0 Å². The molecule has 0 spiro atoms. The zero-order valence-corrected chi connectivity index (χ0v) is 14.6. The molecule has 0 saturated heterocycles. The van der Waals surface area contributed by atoms with E-state index >= 15 is 0 Å². The summed E-state index contributed by atoms with van der Waals surface area (Å²) < 4.78 is 5.90. The average molecular weight is 337 g/mol. The molecule has 1 heterocycles. The zero-order chi connectivity index (χ0) is 15.5. The largest absolute Gasteiger partial charge is 0.459 e. The molecule has 23 heavy (non-hydrogen) atoms. The summed E-state index contributed by atoms with van der Waals surface area (Å²) in [6.45, 7) is 6.09. The van der Waals surface area contributed by atoms with Crippen LogP contribution >= 0.6 is 12.4 Å². The molecule has 0 bridgehead atoms. The van der Waals surface area contributed by atoms with Gasteiger partial charge >= 0.3 is 0 Å². The van der Waals surface area contributed by atoms with Gasteiger partial charge in [-0.05, 0) is 51.3 Å². The first-order valence-electron chi connectivity index (χ1n) is 8.17. The third-order valence-corrected chi connectivity index (χ3v) is 4.39. The summed E-state index contributed by atoms with van der Waals surface area (Å²) in [6, 6.07) is 9.94. The summed E-state index contributed by atoms with van der Waals surface area (Å²) in [7, 11) is 0. The number of nitrogens with zero attached hydrogens (tertiary/aromatic N) is 1. The molecule has 0 radical (unpaired) electrons. The first kappa shape index (κ1) is 17.8. The number of furan rings is 1. The van der Waals surface area contributed by atoms with Gasteiger partial charge in [-0.15, -0.1) is 12.4 Å². The van der Waals surface area contributed by atoms with Gasteiger partial charge in [0, 0.05) is 11.9 Å². The van der Waals surface area contributed by atoms with Crippen LogP contribution in [-0.4, -0.2) is 30.4 Å². The average Bonchev–Trinajstić information content (AvgIpc) is 3.23. The van der Waals surface area contributed by atoms with E-state index in [-0.39, 0.29) is 24.4 Å². The Balaban J connectivity index is 0.00000192. The molecule has 2 aromatic rings. The van der Waals surface area contributed by atoms with Crippen LogP contribution in [0.4, 0.5) is 0 Å². The highest BCUT2D eigenvalue weighted by Crippen LogP contribution is 2.28. The molecular formula is C18H25ClN2O2. The van der Waals surface area contributed by atoms with Crippen molar-refractivity contribution in [3.63, 3.8) is 0 Å². The van der Waals surface area contributed by atoms with Crippen molar-refractivity contribution in [2.24, 2.45) is 5.92 Å². The number of amides is 1. The van der Waals surface area contributed by atoms with Crippen molar-refractivity contribution in [1.29, 1.82) is 0 Å². The second-order valence-electron chi connectivity index (χ2n) is 6.12. The summed E-state index contributed by atoms with van der Waals surface area (Å²) in [6.07, 6.45) is 2.60. The third kappa shape index (κ3) is 4.27. The van der Waals surface area contributed by atoms with Crippen LogP contribution in [0.25, 0.3) is 11.0 Å². The fourth-order valence-electron chi connectivity index (χ4n) is 2.83. The number of fused-ring (bicyclic) bond motifs is 1. The van der Waals surface area contributed by atoms with Crippen LogP contribution in [0.15, 0.2) is 34.7 Å². The van der Waals surface area contributed by atoms with Crippen LogP contribution in [0.5, 0.6) is 0 Å². The van der Waals surface area contributed by atoms with Gasteiger partial charge in [-0.2, -0.15) is 0 Å². The van der Waals surface area contributed by atoms with Crippen molar-refractivity contribution < 1.29 is 9.21 Å². The molecular weight excluding hydrogens is 312 g/mol. The van der Waals surface area contributed by atoms with Crippen molar-refractivity contribution >= 4 is 29.3 Å². The van der Waals surface area contributed by atoms with E-state index in [2.05, 4.69) is 5.32 Å². The second-order valence-corrected chi connectivity index (χ2v) is 6.12. The van der Waals surface area contributed by atoms with Crippen molar-refractivity contribution in [2.75, 3.05) is 19.6 Å². The van der Waals surface area contributed by atoms with Gasteiger partial charge in [-0.1, -0.05) is 18.2 Å². The van der Waals surface area contributed by atoms with E-state index in [1.165, 1.54) is 12.8 Å². The smallest absolute Gasteiger partial charge is 0.237 e. The Bertz CT molecular complexity index is 618. The number of benzene rings is 1. The van der Waals surface area contributed by atoms with Crippen molar-refractivity contribution in [3.05, 3.63) is 36.1 Å². The van der Waals surface area contributed by atoms with E-state index in [9.17, 15) is 4.79 Å². The maximum Gasteiger partial charge on any atom is 0.237 e. The Kier molecular flexibility index (Phi) is 6.08. The van der Waals surface area contributed by atoms with Gasteiger partial charge in [-0.3, -0.25) is 4.79 Å². The number of halogens is 1. The third-order valence-electron chi connectivity index (χ3n) is 4.39. The van der Waals surface area contributed by atoms with Crippen molar-refractivity contribution in [3.8, 4) is 0 Å². The number of carbonyl (C=O) groups is 1. The quantitative estimate of drug-likeness (QED) is 0.837. The van der Waals surface area contributed by atoms with E-state index in [1.807, 2.05) is 49.1 Å². The van der Waals surface area contributed by atoms with E-state index in [4.69, 9.17) is 4.42 Å². The summed E-state index contributed by atoms with van der Waals surface area (Å²) in [4.78, 5) is 14.3. The van der Waals surface area contributed by atoms with Gasteiger partial charge in [-0.25, -0.2) is 0 Å². The number of hydrogen-bond donors (Lipinski definition) is 1. The topological polar surface area (TPSA) is 45.5 Å². The lowest BCUT2D eigenvalue weighted by atomic mass is 10.2. The Morgan fingerprint density at radius 1 is 1.39 bits per heavy atom. The second kappa shape index (κ2) is 7.84. The van der Waals surface area contributed by atoms with Gasteiger partial charge < -0.3 is 14.6 Å². The van der Waals surface area contributed by atoms with Gasteiger partial charge in [0.25, 0.3) is 0 Å². The molecule has 3 rings (SSSR count). The molecule has 1 aromatic heterocycles. The number of para-hydroxylation sites is 1.